The number of hydrogen-bond donors (Lipinski definition) is 2. The summed E-state index contributed by atoms with van der Waals surface area (Å²) in [5.41, 5.74) is 5.49. The van der Waals surface area contributed by atoms with E-state index in [4.69, 9.17) is 18.0 Å². The van der Waals surface area contributed by atoms with Crippen LogP contribution in [0.3, 0.4) is 0 Å². The van der Waals surface area contributed by atoms with E-state index in [1.807, 2.05) is 6.26 Å². The van der Waals surface area contributed by atoms with Gasteiger partial charge in [-0.2, -0.15) is 11.8 Å². The highest BCUT2D eigenvalue weighted by Crippen LogP contribution is 2.42. The lowest BCUT2D eigenvalue weighted by Crippen LogP contribution is -2.45. The number of thiophene rings is 1. The Hall–Kier alpha value is -0.150. The van der Waals surface area contributed by atoms with Crippen LogP contribution < -0.4 is 10.5 Å². The van der Waals surface area contributed by atoms with Crippen LogP contribution in [0.5, 0.6) is 0 Å². The van der Waals surface area contributed by atoms with Crippen molar-refractivity contribution in [3.05, 3.63) is 17.0 Å². The summed E-state index contributed by atoms with van der Waals surface area (Å²) in [6.45, 7) is 0.483. The Morgan fingerprint density at radius 1 is 1.58 bits per heavy atom. The van der Waals surface area contributed by atoms with E-state index in [1.54, 1.807) is 23.9 Å². The number of nitrogens with two attached hydrogens (primary N) is 1. The molecule has 0 atom stereocenters. The standard InChI is InChI=1S/C11H16N2O2S4/c1-17-11(5-2-6-11)7-13-19(14,15)9-4-3-8(18-9)10(12)16/h3-4,13H,2,5-7H2,1H3,(H2,12,16). The van der Waals surface area contributed by atoms with E-state index in [0.29, 0.717) is 11.4 Å². The average molecular weight is 337 g/mol. The Balaban J connectivity index is 2.07. The van der Waals surface area contributed by atoms with Crippen molar-refractivity contribution in [3.8, 4) is 0 Å². The van der Waals surface area contributed by atoms with Crippen LogP contribution in [0.1, 0.15) is 24.1 Å². The van der Waals surface area contributed by atoms with E-state index < -0.39 is 10.0 Å². The number of thioether (sulfide) groups is 1. The summed E-state index contributed by atoms with van der Waals surface area (Å²) in [6.07, 6.45) is 5.34. The number of sulfonamides is 1. The molecule has 19 heavy (non-hydrogen) atoms. The zero-order chi connectivity index (χ0) is 14.1. The average Bonchev–Trinajstić information content (AvgIpc) is 2.78. The number of hydrogen-bond acceptors (Lipinski definition) is 5. The lowest BCUT2D eigenvalue weighted by Gasteiger charge is -2.40. The SMILES string of the molecule is CSC1(CNS(=O)(=O)c2ccc(C(N)=S)s2)CCC1. The van der Waals surface area contributed by atoms with Crippen LogP contribution in [0.4, 0.5) is 0 Å². The minimum Gasteiger partial charge on any atom is -0.389 e. The van der Waals surface area contributed by atoms with Gasteiger partial charge >= 0.3 is 0 Å². The molecule has 0 saturated heterocycles. The maximum absolute atomic E-state index is 12.2. The molecule has 0 radical (unpaired) electrons. The van der Waals surface area contributed by atoms with Crippen LogP contribution in [0.25, 0.3) is 0 Å². The molecule has 0 aliphatic heterocycles. The van der Waals surface area contributed by atoms with Crippen LogP contribution in [0.15, 0.2) is 16.3 Å². The van der Waals surface area contributed by atoms with E-state index in [0.717, 1.165) is 24.2 Å². The van der Waals surface area contributed by atoms with Gasteiger partial charge in [0.05, 0.1) is 4.88 Å². The molecule has 1 fully saturated rings. The Morgan fingerprint density at radius 3 is 2.68 bits per heavy atom. The molecule has 1 aromatic rings. The molecule has 3 N–H and O–H groups in total. The molecular weight excluding hydrogens is 320 g/mol. The molecule has 1 saturated carbocycles. The highest BCUT2D eigenvalue weighted by molar-refractivity contribution is 8.00. The second-order valence-corrected chi connectivity index (χ2v) is 9.34. The molecule has 0 spiro atoms. The molecular formula is C11H16N2O2S4. The third-order valence-electron chi connectivity index (χ3n) is 3.37. The maximum Gasteiger partial charge on any atom is 0.250 e. The molecule has 2 rings (SSSR count). The van der Waals surface area contributed by atoms with Crippen molar-refractivity contribution in [2.45, 2.75) is 28.2 Å². The molecule has 106 valence electrons. The molecule has 1 aliphatic rings. The van der Waals surface area contributed by atoms with Gasteiger partial charge in [0.1, 0.15) is 9.20 Å². The highest BCUT2D eigenvalue weighted by Gasteiger charge is 2.37. The van der Waals surface area contributed by atoms with Gasteiger partial charge in [-0.25, -0.2) is 13.1 Å². The van der Waals surface area contributed by atoms with E-state index in [1.165, 1.54) is 6.42 Å². The molecule has 1 aromatic heterocycles. The zero-order valence-corrected chi connectivity index (χ0v) is 13.8. The summed E-state index contributed by atoms with van der Waals surface area (Å²) in [6, 6.07) is 3.20. The molecule has 0 amide bonds. The topological polar surface area (TPSA) is 72.2 Å². The molecule has 0 bridgehead atoms. The minimum absolute atomic E-state index is 0.0797. The maximum atomic E-state index is 12.2. The molecule has 1 aliphatic carbocycles. The van der Waals surface area contributed by atoms with Crippen LogP contribution in [0.2, 0.25) is 0 Å². The fraction of sp³-hybridized carbons (Fsp3) is 0.545. The van der Waals surface area contributed by atoms with Crippen molar-refractivity contribution >= 4 is 50.3 Å². The number of thiocarbonyl (C=S) groups is 1. The van der Waals surface area contributed by atoms with Crippen molar-refractivity contribution in [1.82, 2.24) is 4.72 Å². The molecule has 1 heterocycles. The summed E-state index contributed by atoms with van der Waals surface area (Å²) in [4.78, 5) is 0.852. The Morgan fingerprint density at radius 2 is 2.26 bits per heavy atom. The minimum atomic E-state index is -3.45. The lowest BCUT2D eigenvalue weighted by molar-refractivity contribution is 0.362. The summed E-state index contributed by atoms with van der Waals surface area (Å²) in [7, 11) is -3.45. The summed E-state index contributed by atoms with van der Waals surface area (Å²) >= 11 is 7.69. The van der Waals surface area contributed by atoms with Crippen molar-refractivity contribution in [1.29, 1.82) is 0 Å². The molecule has 0 aromatic carbocycles. The van der Waals surface area contributed by atoms with Gasteiger partial charge in [0.15, 0.2) is 0 Å². The van der Waals surface area contributed by atoms with Gasteiger partial charge in [0.25, 0.3) is 0 Å². The van der Waals surface area contributed by atoms with Gasteiger partial charge in [0, 0.05) is 11.3 Å². The van der Waals surface area contributed by atoms with E-state index in [-0.39, 0.29) is 13.9 Å². The first-order chi connectivity index (χ1) is 8.88. The fourth-order valence-corrected chi connectivity index (χ4v) is 5.45. The van der Waals surface area contributed by atoms with Crippen LogP contribution in [-0.2, 0) is 10.0 Å². The van der Waals surface area contributed by atoms with Gasteiger partial charge < -0.3 is 5.73 Å². The first-order valence-electron chi connectivity index (χ1n) is 5.83. The third kappa shape index (κ3) is 3.30. The third-order valence-corrected chi connectivity index (χ3v) is 8.15. The van der Waals surface area contributed by atoms with Gasteiger partial charge in [-0.05, 0) is 31.2 Å². The van der Waals surface area contributed by atoms with Crippen LogP contribution in [0, 0.1) is 0 Å². The summed E-state index contributed by atoms with van der Waals surface area (Å²) < 4.78 is 27.4. The van der Waals surface area contributed by atoms with Crippen molar-refractivity contribution in [3.63, 3.8) is 0 Å². The monoisotopic (exact) mass is 336 g/mol. The van der Waals surface area contributed by atoms with Gasteiger partial charge in [-0.1, -0.05) is 18.6 Å². The predicted octanol–water partition coefficient (Wildman–Crippen LogP) is 1.95. The van der Waals surface area contributed by atoms with Crippen molar-refractivity contribution < 1.29 is 8.42 Å². The van der Waals surface area contributed by atoms with Gasteiger partial charge in [-0.3, -0.25) is 0 Å². The number of nitrogens with one attached hydrogen (secondary N) is 1. The largest absolute Gasteiger partial charge is 0.389 e. The van der Waals surface area contributed by atoms with Gasteiger partial charge in [-0.15, -0.1) is 11.3 Å². The summed E-state index contributed by atoms with van der Waals surface area (Å²) in [5.74, 6) is 0. The Kier molecular flexibility index (Phi) is 4.56. The van der Waals surface area contributed by atoms with E-state index in [9.17, 15) is 8.42 Å². The highest BCUT2D eigenvalue weighted by atomic mass is 32.2. The van der Waals surface area contributed by atoms with Crippen molar-refractivity contribution in [2.75, 3.05) is 12.8 Å². The first-order valence-corrected chi connectivity index (χ1v) is 9.76. The van der Waals surface area contributed by atoms with Crippen LogP contribution >= 0.6 is 35.3 Å². The fourth-order valence-electron chi connectivity index (χ4n) is 1.92. The smallest absolute Gasteiger partial charge is 0.250 e. The predicted molar refractivity (Wildman–Crippen MR) is 85.5 cm³/mol. The second kappa shape index (κ2) is 5.69. The van der Waals surface area contributed by atoms with Gasteiger partial charge in [0.2, 0.25) is 10.0 Å². The Labute approximate surface area is 127 Å². The van der Waals surface area contributed by atoms with E-state index in [2.05, 4.69) is 4.72 Å². The second-order valence-electron chi connectivity index (χ2n) is 4.55. The normalized spacial score (nSPS) is 17.9. The first kappa shape index (κ1) is 15.2. The lowest BCUT2D eigenvalue weighted by atomic mass is 9.84. The number of rotatable bonds is 6. The molecule has 8 heteroatoms. The van der Waals surface area contributed by atoms with E-state index >= 15 is 0 Å². The van der Waals surface area contributed by atoms with Crippen LogP contribution in [-0.4, -0.2) is 31.0 Å². The molecule has 4 nitrogen and oxygen atoms in total. The Bertz CT molecular complexity index is 570. The molecule has 0 unspecified atom stereocenters. The van der Waals surface area contributed by atoms with Crippen molar-refractivity contribution in [2.24, 2.45) is 5.73 Å². The quantitative estimate of drug-likeness (QED) is 0.777. The zero-order valence-electron chi connectivity index (χ0n) is 10.5. The summed E-state index contributed by atoms with van der Waals surface area (Å²) in [5, 5.41) is 0.